The van der Waals surface area contributed by atoms with Crippen LogP contribution in [0.3, 0.4) is 0 Å². The van der Waals surface area contributed by atoms with Crippen LogP contribution in [0.4, 0.5) is 22.7 Å². The summed E-state index contributed by atoms with van der Waals surface area (Å²) in [4.78, 5) is 7.00. The fourth-order valence-corrected chi connectivity index (χ4v) is 7.10. The number of benzene rings is 2. The zero-order chi connectivity index (χ0) is 33.4. The predicted molar refractivity (Wildman–Crippen MR) is 181 cm³/mol. The lowest BCUT2D eigenvalue weighted by atomic mass is 10.2. The SMILES string of the molecule is CCN1/C(=C/C=C/C2N(CCC(C)S(=O)(=O)[O-])c3cc(Cl)c(Cl)cc3[NH+]2CC)N(CCC(C)S(=O)(=O)[O-])c2cc(Cl)c(Cl)cc21.[H+]. The summed E-state index contributed by atoms with van der Waals surface area (Å²) in [5, 5.41) is -0.712. The fourth-order valence-electron chi connectivity index (χ4n) is 5.67. The van der Waals surface area contributed by atoms with E-state index in [1.807, 2.05) is 46.8 Å². The molecule has 0 fully saturated rings. The molecule has 0 saturated heterocycles. The summed E-state index contributed by atoms with van der Waals surface area (Å²) >= 11 is 25.5. The zero-order valence-corrected chi connectivity index (χ0v) is 29.8. The van der Waals surface area contributed by atoms with Gasteiger partial charge in [0.25, 0.3) is 0 Å². The van der Waals surface area contributed by atoms with E-state index in [4.69, 9.17) is 46.4 Å². The van der Waals surface area contributed by atoms with E-state index in [9.17, 15) is 25.9 Å². The highest BCUT2D eigenvalue weighted by Crippen LogP contribution is 2.46. The van der Waals surface area contributed by atoms with Gasteiger partial charge in [0.2, 0.25) is 0 Å². The van der Waals surface area contributed by atoms with Crippen LogP contribution < -0.4 is 19.6 Å². The monoisotopic (exact) mass is 740 g/mol. The van der Waals surface area contributed by atoms with E-state index >= 15 is 0 Å². The maximum Gasteiger partial charge on any atom is 1.00 e. The van der Waals surface area contributed by atoms with Gasteiger partial charge in [-0.2, -0.15) is 0 Å². The van der Waals surface area contributed by atoms with Crippen LogP contribution in [-0.4, -0.2) is 68.8 Å². The number of nitrogens with zero attached hydrogens (tertiary/aromatic N) is 3. The Labute approximate surface area is 286 Å². The molecule has 10 nitrogen and oxygen atoms in total. The predicted octanol–water partition coefficient (Wildman–Crippen LogP) is 5.49. The highest BCUT2D eigenvalue weighted by molar-refractivity contribution is 7.86. The molecular weight excluding hydrogens is 706 g/mol. The Kier molecular flexibility index (Phi) is 11.4. The van der Waals surface area contributed by atoms with Crippen molar-refractivity contribution in [2.75, 3.05) is 40.9 Å². The van der Waals surface area contributed by atoms with Gasteiger partial charge in [-0.1, -0.05) is 52.5 Å². The molecule has 2 aliphatic rings. The van der Waals surface area contributed by atoms with Crippen molar-refractivity contribution in [3.05, 3.63) is 68.4 Å². The molecule has 16 heteroatoms. The van der Waals surface area contributed by atoms with Crippen LogP contribution in [0.25, 0.3) is 0 Å². The van der Waals surface area contributed by atoms with E-state index in [1.165, 1.54) is 13.8 Å². The summed E-state index contributed by atoms with van der Waals surface area (Å²) in [5.74, 6) is 0.731. The lowest BCUT2D eigenvalue weighted by Crippen LogP contribution is -3.10. The first-order chi connectivity index (χ1) is 21.0. The molecule has 0 radical (unpaired) electrons. The van der Waals surface area contributed by atoms with Crippen LogP contribution in [0.5, 0.6) is 0 Å². The van der Waals surface area contributed by atoms with Crippen LogP contribution in [0.1, 0.15) is 42.0 Å². The molecule has 0 saturated carbocycles. The summed E-state index contributed by atoms with van der Waals surface area (Å²) in [5.41, 5.74) is 3.21. The highest BCUT2D eigenvalue weighted by Gasteiger charge is 2.39. The lowest BCUT2D eigenvalue weighted by molar-refractivity contribution is -0.843. The van der Waals surface area contributed by atoms with E-state index in [0.717, 1.165) is 33.5 Å². The summed E-state index contributed by atoms with van der Waals surface area (Å²) in [7, 11) is -8.94. The van der Waals surface area contributed by atoms with Crippen LogP contribution in [0.2, 0.25) is 20.1 Å². The Morgan fingerprint density at radius 1 is 0.822 bits per heavy atom. The second-order valence-corrected chi connectivity index (χ2v) is 16.3. The number of allylic oxidation sites excluding steroid dienone is 2. The first-order valence-electron chi connectivity index (χ1n) is 14.4. The molecular formula is C29H36Cl4N4O6S2. The van der Waals surface area contributed by atoms with Crippen molar-refractivity contribution in [1.29, 1.82) is 0 Å². The minimum absolute atomic E-state index is 0. The van der Waals surface area contributed by atoms with Crippen LogP contribution in [0.15, 0.2) is 48.3 Å². The molecule has 4 rings (SSSR count). The molecule has 2 aromatic carbocycles. The van der Waals surface area contributed by atoms with Gasteiger partial charge in [0.1, 0.15) is 11.5 Å². The number of hydrogen-bond donors (Lipinski definition) is 1. The smallest absolute Gasteiger partial charge is 0.748 e. The quantitative estimate of drug-likeness (QED) is 0.281. The summed E-state index contributed by atoms with van der Waals surface area (Å²) < 4.78 is 69.9. The Morgan fingerprint density at radius 3 is 1.82 bits per heavy atom. The molecule has 0 aliphatic carbocycles. The van der Waals surface area contributed by atoms with Gasteiger partial charge in [-0.15, -0.1) is 0 Å². The summed E-state index contributed by atoms with van der Waals surface area (Å²) in [6.07, 6.45) is 5.66. The van der Waals surface area contributed by atoms with Crippen LogP contribution in [0, 0.1) is 0 Å². The van der Waals surface area contributed by atoms with Crippen LogP contribution >= 0.6 is 46.4 Å². The van der Waals surface area contributed by atoms with E-state index in [1.54, 1.807) is 24.3 Å². The molecule has 0 spiro atoms. The molecule has 2 heterocycles. The second-order valence-electron chi connectivity index (χ2n) is 11.0. The number of anilines is 3. The second kappa shape index (κ2) is 14.2. The number of likely N-dealkylation sites (N-methyl/N-ethyl adjacent to an activating group) is 1. The standard InChI is InChI=1S/C29H36Cl4N4O6S2/c1-5-34-24-14-20(30)22(32)16-26(24)36(12-10-18(3)44(38,39)40)28(34)8-7-9-29-35(6-2)25-15-21(31)23(33)17-27(25)37(29)13-11-19(4)45(41,42)43/h7-9,14-19,28H,5-6,10-13H2,1-4H3,(H,38,39,40)(H,41,42,43)/b8-7+,29-9-. The molecule has 2 aliphatic heterocycles. The third kappa shape index (κ3) is 7.71. The van der Waals surface area contributed by atoms with Crippen molar-refractivity contribution < 1.29 is 32.3 Å². The minimum atomic E-state index is -4.48. The number of nitrogens with one attached hydrogen (secondary N) is 1. The Morgan fingerprint density at radius 2 is 1.31 bits per heavy atom. The number of hydrogen-bond acceptors (Lipinski definition) is 9. The molecule has 0 amide bonds. The van der Waals surface area contributed by atoms with Gasteiger partial charge in [0, 0.05) is 36.2 Å². The summed E-state index contributed by atoms with van der Waals surface area (Å²) in [6, 6.07) is 7.04. The first kappa shape index (κ1) is 36.1. The van der Waals surface area contributed by atoms with Gasteiger partial charge in [0.05, 0.1) is 58.2 Å². The molecule has 0 bridgehead atoms. The van der Waals surface area contributed by atoms with Gasteiger partial charge >= 0.3 is 1.43 Å². The summed E-state index contributed by atoms with van der Waals surface area (Å²) in [6.45, 7) is 8.51. The Bertz CT molecular complexity index is 1730. The number of rotatable bonds is 12. The van der Waals surface area contributed by atoms with Gasteiger partial charge < -0.3 is 23.8 Å². The first-order valence-corrected chi connectivity index (χ1v) is 18.9. The molecule has 2 aromatic rings. The van der Waals surface area contributed by atoms with E-state index in [2.05, 4.69) is 0 Å². The Balaban J connectivity index is 0.00000576. The molecule has 0 aromatic heterocycles. The Hall–Kier alpha value is -1.74. The normalized spacial score (nSPS) is 20.8. The van der Waals surface area contributed by atoms with Gasteiger partial charge in [-0.3, -0.25) is 4.90 Å². The maximum atomic E-state index is 11.7. The number of fused-ring (bicyclic) bond motifs is 2. The van der Waals surface area contributed by atoms with Gasteiger partial charge in [0.15, 0.2) is 11.9 Å². The highest BCUT2D eigenvalue weighted by atomic mass is 35.5. The van der Waals surface area contributed by atoms with Crippen LogP contribution in [-0.2, 0) is 20.2 Å². The van der Waals surface area contributed by atoms with Crippen molar-refractivity contribution in [1.82, 2.24) is 0 Å². The van der Waals surface area contributed by atoms with Crippen molar-refractivity contribution in [2.24, 2.45) is 0 Å². The topological polar surface area (TPSA) is 129 Å². The molecule has 4 unspecified atom stereocenters. The van der Waals surface area contributed by atoms with E-state index < -0.39 is 30.7 Å². The van der Waals surface area contributed by atoms with E-state index in [-0.39, 0.29) is 33.5 Å². The van der Waals surface area contributed by atoms with E-state index in [0.29, 0.717) is 33.2 Å². The largest absolute Gasteiger partial charge is 1.00 e. The van der Waals surface area contributed by atoms with Crippen molar-refractivity contribution >= 4 is 89.4 Å². The van der Waals surface area contributed by atoms with Gasteiger partial charge in [-0.05, 0) is 70.9 Å². The number of quaternary nitrogens is 1. The molecule has 248 valence electrons. The average molecular weight is 743 g/mol. The maximum absolute atomic E-state index is 11.7. The third-order valence-corrected chi connectivity index (χ3v) is 12.2. The van der Waals surface area contributed by atoms with Crippen molar-refractivity contribution in [3.63, 3.8) is 0 Å². The third-order valence-electron chi connectivity index (χ3n) is 8.30. The zero-order valence-electron chi connectivity index (χ0n) is 26.1. The fraction of sp³-hybridized carbons (Fsp3) is 0.448. The minimum Gasteiger partial charge on any atom is -0.748 e. The molecule has 1 N–H and O–H groups in total. The number of halogens is 4. The van der Waals surface area contributed by atoms with Gasteiger partial charge in [-0.25, -0.2) is 16.8 Å². The van der Waals surface area contributed by atoms with Crippen molar-refractivity contribution in [3.8, 4) is 0 Å². The van der Waals surface area contributed by atoms with Crippen molar-refractivity contribution in [2.45, 2.75) is 57.2 Å². The molecule has 45 heavy (non-hydrogen) atoms. The molecule has 4 atom stereocenters. The lowest BCUT2D eigenvalue weighted by Gasteiger charge is -2.28. The average Bonchev–Trinajstić information content (AvgIpc) is 3.39.